The Morgan fingerprint density at radius 2 is 2.14 bits per heavy atom. The molecule has 1 aromatic heterocycles. The number of amides is 1. The fraction of sp³-hybridized carbons (Fsp3) is 0.0714. The summed E-state index contributed by atoms with van der Waals surface area (Å²) in [4.78, 5) is 20.1. The van der Waals surface area contributed by atoms with E-state index in [-0.39, 0.29) is 10.7 Å². The minimum Gasteiger partial charge on any atom is -0.366 e. The highest BCUT2D eigenvalue weighted by Gasteiger charge is 2.12. The molecule has 108 valence electrons. The van der Waals surface area contributed by atoms with Gasteiger partial charge in [0.05, 0.1) is 15.7 Å². The number of carbonyl (C=O) groups excluding carboxylic acids is 1. The van der Waals surface area contributed by atoms with Crippen LogP contribution in [0.5, 0.6) is 0 Å². The minimum atomic E-state index is -0.400. The average Bonchev–Trinajstić information content (AvgIpc) is 2.50. The first kappa shape index (κ1) is 15.3. The number of nitrogens with zero attached hydrogens (tertiary/aromatic N) is 2. The summed E-state index contributed by atoms with van der Waals surface area (Å²) >= 11 is 11.9. The van der Waals surface area contributed by atoms with Crippen LogP contribution in [0.3, 0.4) is 0 Å². The minimum absolute atomic E-state index is 0.215. The van der Waals surface area contributed by atoms with Gasteiger partial charge < -0.3 is 10.6 Å². The van der Waals surface area contributed by atoms with Crippen LogP contribution in [0.2, 0.25) is 10.0 Å². The number of rotatable bonds is 5. The molecule has 1 amide bonds. The van der Waals surface area contributed by atoms with Crippen LogP contribution in [0, 0.1) is 0 Å². The first-order chi connectivity index (χ1) is 10.1. The van der Waals surface area contributed by atoms with Crippen LogP contribution in [-0.4, -0.2) is 22.4 Å². The molecule has 0 saturated heterocycles. The van der Waals surface area contributed by atoms with E-state index in [0.29, 0.717) is 23.1 Å². The van der Waals surface area contributed by atoms with E-state index in [1.165, 1.54) is 12.4 Å². The van der Waals surface area contributed by atoms with E-state index in [1.54, 1.807) is 24.3 Å². The lowest BCUT2D eigenvalue weighted by molar-refractivity contribution is 0.102. The monoisotopic (exact) mass is 322 g/mol. The van der Waals surface area contributed by atoms with Gasteiger partial charge in [0.1, 0.15) is 17.8 Å². The van der Waals surface area contributed by atoms with Gasteiger partial charge in [-0.1, -0.05) is 35.3 Å². The zero-order valence-corrected chi connectivity index (χ0v) is 12.4. The Morgan fingerprint density at radius 3 is 2.90 bits per heavy atom. The summed E-state index contributed by atoms with van der Waals surface area (Å²) in [5.41, 5.74) is 0.640. The first-order valence-electron chi connectivity index (χ1n) is 6.04. The molecule has 0 aliphatic carbocycles. The second-order valence-electron chi connectivity index (χ2n) is 4.01. The van der Waals surface area contributed by atoms with E-state index in [4.69, 9.17) is 23.2 Å². The third-order valence-corrected chi connectivity index (χ3v) is 3.35. The second kappa shape index (κ2) is 7.06. The van der Waals surface area contributed by atoms with Crippen LogP contribution in [0.15, 0.2) is 43.2 Å². The molecule has 0 aliphatic heterocycles. The first-order valence-corrected chi connectivity index (χ1v) is 6.79. The van der Waals surface area contributed by atoms with Gasteiger partial charge in [-0.15, -0.1) is 6.58 Å². The zero-order valence-electron chi connectivity index (χ0n) is 10.9. The normalized spacial score (nSPS) is 10.0. The van der Waals surface area contributed by atoms with Crippen molar-refractivity contribution >= 4 is 40.6 Å². The molecule has 0 radical (unpaired) electrons. The fourth-order valence-corrected chi connectivity index (χ4v) is 1.89. The van der Waals surface area contributed by atoms with Crippen molar-refractivity contribution in [2.24, 2.45) is 0 Å². The Hall–Kier alpha value is -2.11. The molecule has 0 fully saturated rings. The van der Waals surface area contributed by atoms with Gasteiger partial charge in [-0.3, -0.25) is 4.79 Å². The summed E-state index contributed by atoms with van der Waals surface area (Å²) in [5, 5.41) is 6.28. The molecular weight excluding hydrogens is 311 g/mol. The van der Waals surface area contributed by atoms with Crippen molar-refractivity contribution in [1.29, 1.82) is 0 Å². The third kappa shape index (κ3) is 3.93. The van der Waals surface area contributed by atoms with E-state index in [1.807, 2.05) is 0 Å². The molecule has 0 unspecified atom stereocenters. The van der Waals surface area contributed by atoms with Crippen molar-refractivity contribution in [3.8, 4) is 0 Å². The van der Waals surface area contributed by atoms with Gasteiger partial charge in [0, 0.05) is 12.6 Å². The number of benzene rings is 1. The summed E-state index contributed by atoms with van der Waals surface area (Å²) in [6.07, 6.45) is 2.99. The van der Waals surface area contributed by atoms with Crippen molar-refractivity contribution in [2.45, 2.75) is 0 Å². The quantitative estimate of drug-likeness (QED) is 0.825. The fourth-order valence-electron chi connectivity index (χ4n) is 1.54. The molecule has 7 heteroatoms. The SMILES string of the molecule is C=CCNc1cc(C(=O)Nc2cccc(Cl)c2Cl)ncn1. The Kier molecular flexibility index (Phi) is 5.14. The molecule has 21 heavy (non-hydrogen) atoms. The molecule has 0 atom stereocenters. The Labute approximate surface area is 132 Å². The molecule has 2 aromatic rings. The van der Waals surface area contributed by atoms with Gasteiger partial charge >= 0.3 is 0 Å². The topological polar surface area (TPSA) is 66.9 Å². The van der Waals surface area contributed by atoms with E-state index in [0.717, 1.165) is 0 Å². The Balaban J connectivity index is 2.16. The summed E-state index contributed by atoms with van der Waals surface area (Å²) in [6.45, 7) is 4.13. The van der Waals surface area contributed by atoms with Gasteiger partial charge in [-0.2, -0.15) is 0 Å². The van der Waals surface area contributed by atoms with Crippen LogP contribution >= 0.6 is 23.2 Å². The van der Waals surface area contributed by atoms with Crippen molar-refractivity contribution in [2.75, 3.05) is 17.2 Å². The van der Waals surface area contributed by atoms with Crippen LogP contribution in [0.25, 0.3) is 0 Å². The number of halogens is 2. The lowest BCUT2D eigenvalue weighted by Crippen LogP contribution is -2.15. The molecular formula is C14H12Cl2N4O. The summed E-state index contributed by atoms with van der Waals surface area (Å²) in [5.74, 6) is 0.135. The predicted octanol–water partition coefficient (Wildman–Crippen LogP) is 3.63. The summed E-state index contributed by atoms with van der Waals surface area (Å²) < 4.78 is 0. The van der Waals surface area contributed by atoms with Gasteiger partial charge in [0.15, 0.2) is 0 Å². The maximum atomic E-state index is 12.2. The highest BCUT2D eigenvalue weighted by Crippen LogP contribution is 2.29. The second-order valence-corrected chi connectivity index (χ2v) is 4.80. The van der Waals surface area contributed by atoms with E-state index in [2.05, 4.69) is 27.2 Å². The van der Waals surface area contributed by atoms with E-state index in [9.17, 15) is 4.79 Å². The maximum Gasteiger partial charge on any atom is 0.274 e. The molecule has 0 spiro atoms. The lowest BCUT2D eigenvalue weighted by Gasteiger charge is -2.08. The van der Waals surface area contributed by atoms with Crippen LogP contribution < -0.4 is 10.6 Å². The van der Waals surface area contributed by atoms with Gasteiger partial charge in [0.2, 0.25) is 0 Å². The highest BCUT2D eigenvalue weighted by molar-refractivity contribution is 6.44. The van der Waals surface area contributed by atoms with E-state index < -0.39 is 5.91 Å². The largest absolute Gasteiger partial charge is 0.366 e. The van der Waals surface area contributed by atoms with E-state index >= 15 is 0 Å². The van der Waals surface area contributed by atoms with Crippen molar-refractivity contribution in [3.05, 3.63) is 59.0 Å². The standard InChI is InChI=1S/C14H12Cl2N4O/c1-2-6-17-12-7-11(18-8-19-12)14(21)20-10-5-3-4-9(15)13(10)16/h2-5,7-8H,1,6H2,(H,20,21)(H,17,18,19). The number of aromatic nitrogens is 2. The third-order valence-electron chi connectivity index (χ3n) is 2.53. The molecule has 0 aliphatic rings. The lowest BCUT2D eigenvalue weighted by atomic mass is 10.3. The van der Waals surface area contributed by atoms with Crippen molar-refractivity contribution in [1.82, 2.24) is 9.97 Å². The highest BCUT2D eigenvalue weighted by atomic mass is 35.5. The smallest absolute Gasteiger partial charge is 0.274 e. The summed E-state index contributed by atoms with van der Waals surface area (Å²) in [7, 11) is 0. The zero-order chi connectivity index (χ0) is 15.2. The number of hydrogen-bond donors (Lipinski definition) is 2. The average molecular weight is 323 g/mol. The molecule has 2 rings (SSSR count). The Morgan fingerprint density at radius 1 is 1.33 bits per heavy atom. The van der Waals surface area contributed by atoms with Gasteiger partial charge in [-0.25, -0.2) is 9.97 Å². The summed E-state index contributed by atoms with van der Waals surface area (Å²) in [6, 6.07) is 6.53. The van der Waals surface area contributed by atoms with Crippen LogP contribution in [0.4, 0.5) is 11.5 Å². The van der Waals surface area contributed by atoms with Crippen LogP contribution in [-0.2, 0) is 0 Å². The molecule has 1 aromatic carbocycles. The number of nitrogens with one attached hydrogen (secondary N) is 2. The number of carbonyl (C=O) groups is 1. The molecule has 0 saturated carbocycles. The Bertz CT molecular complexity index is 676. The predicted molar refractivity (Wildman–Crippen MR) is 85.1 cm³/mol. The molecule has 5 nitrogen and oxygen atoms in total. The van der Waals surface area contributed by atoms with Crippen LogP contribution in [0.1, 0.15) is 10.5 Å². The number of anilines is 2. The van der Waals surface area contributed by atoms with Gasteiger partial charge in [0.25, 0.3) is 5.91 Å². The number of hydrogen-bond acceptors (Lipinski definition) is 4. The van der Waals surface area contributed by atoms with Gasteiger partial charge in [-0.05, 0) is 12.1 Å². The molecule has 0 bridgehead atoms. The molecule has 2 N–H and O–H groups in total. The maximum absolute atomic E-state index is 12.2. The van der Waals surface area contributed by atoms with Crippen molar-refractivity contribution in [3.63, 3.8) is 0 Å². The molecule has 1 heterocycles. The van der Waals surface area contributed by atoms with Crippen molar-refractivity contribution < 1.29 is 4.79 Å².